The van der Waals surface area contributed by atoms with E-state index in [1.54, 1.807) is 7.05 Å². The third kappa shape index (κ3) is 3.19. The second-order valence-electron chi connectivity index (χ2n) is 5.78. The molecule has 0 fully saturated rings. The quantitative estimate of drug-likeness (QED) is 0.864. The minimum Gasteiger partial charge on any atom is -0.307 e. The number of hydrogen-bond acceptors (Lipinski definition) is 4. The molecule has 2 aromatic heterocycles. The summed E-state index contributed by atoms with van der Waals surface area (Å²) in [5.41, 5.74) is 1.19. The van der Waals surface area contributed by atoms with Gasteiger partial charge in [0.25, 0.3) is 5.56 Å². The van der Waals surface area contributed by atoms with Gasteiger partial charge in [-0.05, 0) is 26.3 Å². The molecule has 2 aromatic rings. The Morgan fingerprint density at radius 1 is 1.23 bits per heavy atom. The highest BCUT2D eigenvalue weighted by Gasteiger charge is 2.15. The van der Waals surface area contributed by atoms with Crippen molar-refractivity contribution < 1.29 is 0 Å². The minimum atomic E-state index is -0.312. The summed E-state index contributed by atoms with van der Waals surface area (Å²) >= 11 is 0. The third-order valence-corrected chi connectivity index (χ3v) is 4.10. The van der Waals surface area contributed by atoms with Gasteiger partial charge in [-0.25, -0.2) is 4.79 Å². The fraction of sp³-hybridized carbons (Fsp3) is 0.533. The largest absolute Gasteiger partial charge is 0.330 e. The van der Waals surface area contributed by atoms with Crippen LogP contribution in [0.1, 0.15) is 31.1 Å². The van der Waals surface area contributed by atoms with Gasteiger partial charge in [0.2, 0.25) is 0 Å². The normalized spacial score (nSPS) is 14.0. The van der Waals surface area contributed by atoms with Crippen LogP contribution in [0.25, 0.3) is 0 Å². The molecule has 0 unspecified atom stereocenters. The summed E-state index contributed by atoms with van der Waals surface area (Å²) in [4.78, 5) is 23.6. The average molecular weight is 305 g/mol. The Morgan fingerprint density at radius 3 is 2.50 bits per heavy atom. The molecule has 0 radical (unpaired) electrons. The van der Waals surface area contributed by atoms with E-state index in [0.717, 1.165) is 10.1 Å². The molecule has 2 atom stereocenters. The van der Waals surface area contributed by atoms with Crippen molar-refractivity contribution in [2.24, 2.45) is 14.1 Å². The van der Waals surface area contributed by atoms with Crippen LogP contribution in [0.15, 0.2) is 28.0 Å². The van der Waals surface area contributed by atoms with Crippen LogP contribution in [0.4, 0.5) is 0 Å². The van der Waals surface area contributed by atoms with E-state index in [2.05, 4.69) is 24.3 Å². The summed E-state index contributed by atoms with van der Waals surface area (Å²) in [6, 6.07) is 1.79. The van der Waals surface area contributed by atoms with Crippen molar-refractivity contribution in [3.63, 3.8) is 0 Å². The van der Waals surface area contributed by atoms with Crippen LogP contribution in [0.5, 0.6) is 0 Å². The Morgan fingerprint density at radius 2 is 1.91 bits per heavy atom. The van der Waals surface area contributed by atoms with Gasteiger partial charge in [0.1, 0.15) is 0 Å². The summed E-state index contributed by atoms with van der Waals surface area (Å²) in [7, 11) is 3.15. The lowest BCUT2D eigenvalue weighted by molar-refractivity contribution is 0.361. The standard InChI is InChI=1S/C15H23N5O2/c1-10-7-17-20(9-10)12(3)11(2)16-8-13-6-14(21)19(5)15(22)18(13)4/h6-7,9,11-12,16H,8H2,1-5H3/t11-,12+/m1/s1. The predicted molar refractivity (Wildman–Crippen MR) is 84.9 cm³/mol. The Hall–Kier alpha value is -2.15. The second-order valence-corrected chi connectivity index (χ2v) is 5.78. The van der Waals surface area contributed by atoms with Gasteiger partial charge in [-0.3, -0.25) is 18.6 Å². The van der Waals surface area contributed by atoms with Crippen molar-refractivity contribution in [2.75, 3.05) is 0 Å². The predicted octanol–water partition coefficient (Wildman–Crippen LogP) is 0.328. The highest BCUT2D eigenvalue weighted by molar-refractivity contribution is 5.03. The van der Waals surface area contributed by atoms with E-state index >= 15 is 0 Å². The average Bonchev–Trinajstić information content (AvgIpc) is 2.92. The fourth-order valence-corrected chi connectivity index (χ4v) is 2.27. The molecule has 0 spiro atoms. The first-order valence-corrected chi connectivity index (χ1v) is 7.31. The zero-order valence-electron chi connectivity index (χ0n) is 13.7. The molecule has 120 valence electrons. The molecule has 0 aliphatic carbocycles. The Kier molecular flexibility index (Phi) is 4.65. The lowest BCUT2D eigenvalue weighted by Crippen LogP contribution is -2.40. The van der Waals surface area contributed by atoms with Gasteiger partial charge in [-0.1, -0.05) is 0 Å². The summed E-state index contributed by atoms with van der Waals surface area (Å²) in [5, 5.41) is 7.67. The van der Waals surface area contributed by atoms with E-state index in [9.17, 15) is 9.59 Å². The SMILES string of the molecule is Cc1cnn([C@@H](C)[C@@H](C)NCc2cc(=O)n(C)c(=O)n2C)c1. The first-order valence-electron chi connectivity index (χ1n) is 7.31. The van der Waals surface area contributed by atoms with Crippen LogP contribution in [-0.2, 0) is 20.6 Å². The van der Waals surface area contributed by atoms with Crippen LogP contribution in [0.2, 0.25) is 0 Å². The molecule has 22 heavy (non-hydrogen) atoms. The molecule has 7 nitrogen and oxygen atoms in total. The van der Waals surface area contributed by atoms with Gasteiger partial charge in [0.15, 0.2) is 0 Å². The van der Waals surface area contributed by atoms with E-state index in [0.29, 0.717) is 12.2 Å². The van der Waals surface area contributed by atoms with Gasteiger partial charge in [0.05, 0.1) is 12.2 Å². The monoisotopic (exact) mass is 305 g/mol. The lowest BCUT2D eigenvalue weighted by Gasteiger charge is -2.22. The summed E-state index contributed by atoms with van der Waals surface area (Å²) < 4.78 is 4.50. The molecule has 0 saturated heterocycles. The first-order chi connectivity index (χ1) is 10.3. The van der Waals surface area contributed by atoms with Gasteiger partial charge in [-0.15, -0.1) is 0 Å². The Bertz CT molecular complexity index is 771. The Balaban J connectivity index is 2.10. The van der Waals surface area contributed by atoms with E-state index in [1.807, 2.05) is 24.0 Å². The van der Waals surface area contributed by atoms with Crippen molar-refractivity contribution in [3.05, 3.63) is 50.6 Å². The molecule has 1 N–H and O–H groups in total. The van der Waals surface area contributed by atoms with Gasteiger partial charge in [-0.2, -0.15) is 5.10 Å². The molecule has 0 bridgehead atoms. The van der Waals surface area contributed by atoms with Gasteiger partial charge < -0.3 is 5.32 Å². The number of nitrogens with one attached hydrogen (secondary N) is 1. The maximum absolute atomic E-state index is 11.9. The molecule has 0 amide bonds. The van der Waals surface area contributed by atoms with E-state index in [-0.39, 0.29) is 23.3 Å². The zero-order chi connectivity index (χ0) is 16.4. The minimum absolute atomic E-state index is 0.137. The van der Waals surface area contributed by atoms with Crippen molar-refractivity contribution in [1.29, 1.82) is 0 Å². The van der Waals surface area contributed by atoms with E-state index < -0.39 is 0 Å². The fourth-order valence-electron chi connectivity index (χ4n) is 2.27. The molecular formula is C15H23N5O2. The zero-order valence-corrected chi connectivity index (χ0v) is 13.7. The molecule has 0 aliphatic heterocycles. The van der Waals surface area contributed by atoms with Gasteiger partial charge >= 0.3 is 5.69 Å². The van der Waals surface area contributed by atoms with Crippen LogP contribution in [0.3, 0.4) is 0 Å². The van der Waals surface area contributed by atoms with Crippen LogP contribution < -0.4 is 16.6 Å². The number of aromatic nitrogens is 4. The number of hydrogen-bond donors (Lipinski definition) is 1. The second kappa shape index (κ2) is 6.31. The van der Waals surface area contributed by atoms with E-state index in [4.69, 9.17) is 0 Å². The summed E-state index contributed by atoms with van der Waals surface area (Å²) in [6.07, 6.45) is 3.82. The van der Waals surface area contributed by atoms with Crippen LogP contribution >= 0.6 is 0 Å². The molecular weight excluding hydrogens is 282 g/mol. The van der Waals surface area contributed by atoms with Crippen molar-refractivity contribution >= 4 is 0 Å². The molecule has 0 aliphatic rings. The summed E-state index contributed by atoms with van der Waals surface area (Å²) in [5.74, 6) is 0. The van der Waals surface area contributed by atoms with Crippen molar-refractivity contribution in [2.45, 2.75) is 39.4 Å². The topological polar surface area (TPSA) is 73.8 Å². The number of rotatable bonds is 5. The smallest absolute Gasteiger partial charge is 0.307 e. The van der Waals surface area contributed by atoms with E-state index in [1.165, 1.54) is 17.7 Å². The molecule has 2 heterocycles. The van der Waals surface area contributed by atoms with Crippen LogP contribution in [0, 0.1) is 6.92 Å². The molecule has 7 heteroatoms. The summed E-state index contributed by atoms with van der Waals surface area (Å²) in [6.45, 7) is 6.59. The van der Waals surface area contributed by atoms with Crippen LogP contribution in [-0.4, -0.2) is 25.0 Å². The number of aryl methyl sites for hydroxylation is 1. The molecule has 2 rings (SSSR count). The Labute approximate surface area is 129 Å². The lowest BCUT2D eigenvalue weighted by atomic mass is 10.1. The number of nitrogens with zero attached hydrogens (tertiary/aromatic N) is 4. The first kappa shape index (κ1) is 16.2. The maximum Gasteiger partial charge on any atom is 0.330 e. The molecule has 0 aromatic carbocycles. The van der Waals surface area contributed by atoms with Gasteiger partial charge in [0, 0.05) is 44.6 Å². The molecule has 0 saturated carbocycles. The third-order valence-electron chi connectivity index (χ3n) is 4.10. The van der Waals surface area contributed by atoms with Crippen molar-refractivity contribution in [1.82, 2.24) is 24.2 Å². The highest BCUT2D eigenvalue weighted by Crippen LogP contribution is 2.11. The maximum atomic E-state index is 11.9. The highest BCUT2D eigenvalue weighted by atomic mass is 16.2. The van der Waals surface area contributed by atoms with Crippen molar-refractivity contribution in [3.8, 4) is 0 Å².